The molecule has 0 amide bonds. The fourth-order valence-electron chi connectivity index (χ4n) is 1.69. The van der Waals surface area contributed by atoms with Gasteiger partial charge in [0.25, 0.3) is 0 Å². The number of rotatable bonds is 2. The maximum absolute atomic E-state index is 9.93. The van der Waals surface area contributed by atoms with E-state index in [0.29, 0.717) is 5.69 Å². The Labute approximate surface area is 99.1 Å². The van der Waals surface area contributed by atoms with Gasteiger partial charge in [0.05, 0.1) is 0 Å². The van der Waals surface area contributed by atoms with Crippen molar-refractivity contribution in [3.8, 4) is 16.9 Å². The van der Waals surface area contributed by atoms with Gasteiger partial charge in [0.1, 0.15) is 5.75 Å². The summed E-state index contributed by atoms with van der Waals surface area (Å²) in [6.45, 7) is 0. The molecule has 0 aromatic heterocycles. The van der Waals surface area contributed by atoms with Crippen molar-refractivity contribution in [1.29, 1.82) is 0 Å². The number of hydrogen-bond acceptors (Lipinski definition) is 3. The highest BCUT2D eigenvalue weighted by molar-refractivity contribution is 7.98. The smallest absolute Gasteiger partial charge is 0.124 e. The van der Waals surface area contributed by atoms with Crippen LogP contribution in [-0.2, 0) is 0 Å². The quantitative estimate of drug-likeness (QED) is 0.473. The largest absolute Gasteiger partial charge is 0.507 e. The Kier molecular flexibility index (Phi) is 3.06. The van der Waals surface area contributed by atoms with Crippen molar-refractivity contribution in [2.45, 2.75) is 4.90 Å². The lowest BCUT2D eigenvalue weighted by Crippen LogP contribution is -1.91. The van der Waals surface area contributed by atoms with E-state index in [-0.39, 0.29) is 5.75 Å². The Hall–Kier alpha value is -1.61. The lowest BCUT2D eigenvalue weighted by molar-refractivity contribution is 0.476. The van der Waals surface area contributed by atoms with Crippen molar-refractivity contribution in [3.63, 3.8) is 0 Å². The highest BCUT2D eigenvalue weighted by Crippen LogP contribution is 2.40. The van der Waals surface area contributed by atoms with Gasteiger partial charge in [-0.3, -0.25) is 0 Å². The summed E-state index contributed by atoms with van der Waals surface area (Å²) in [6.07, 6.45) is 1.96. The summed E-state index contributed by atoms with van der Waals surface area (Å²) in [7, 11) is 0. The van der Waals surface area contributed by atoms with Crippen LogP contribution in [0, 0.1) is 0 Å². The molecule has 2 rings (SSSR count). The first kappa shape index (κ1) is 10.9. The van der Waals surface area contributed by atoms with Gasteiger partial charge in [-0.2, -0.15) is 0 Å². The van der Waals surface area contributed by atoms with Crippen molar-refractivity contribution >= 4 is 17.4 Å². The number of benzene rings is 2. The molecule has 0 aliphatic rings. The number of nitrogen functional groups attached to an aromatic ring is 1. The third-order valence-corrected chi connectivity index (χ3v) is 3.28. The predicted molar refractivity (Wildman–Crippen MR) is 69.7 cm³/mol. The van der Waals surface area contributed by atoms with Crippen LogP contribution >= 0.6 is 11.8 Å². The lowest BCUT2D eigenvalue weighted by atomic mass is 10.0. The van der Waals surface area contributed by atoms with Crippen LogP contribution < -0.4 is 5.73 Å². The molecular formula is C13H13NOS. The number of aromatic hydroxyl groups is 1. The minimum atomic E-state index is 0.268. The highest BCUT2D eigenvalue weighted by Gasteiger charge is 2.12. The number of phenols is 1. The third-order valence-electron chi connectivity index (χ3n) is 2.43. The fraction of sp³-hybridized carbons (Fsp3) is 0.0769. The van der Waals surface area contributed by atoms with Crippen LogP contribution in [0.4, 0.5) is 5.69 Å². The molecule has 16 heavy (non-hydrogen) atoms. The summed E-state index contributed by atoms with van der Waals surface area (Å²) in [5.41, 5.74) is 8.40. The second kappa shape index (κ2) is 4.49. The number of hydrogen-bond donors (Lipinski definition) is 2. The van der Waals surface area contributed by atoms with Crippen LogP contribution in [0.3, 0.4) is 0 Å². The molecule has 0 saturated carbocycles. The van der Waals surface area contributed by atoms with E-state index in [9.17, 15) is 5.11 Å². The van der Waals surface area contributed by atoms with E-state index < -0.39 is 0 Å². The molecule has 2 aromatic carbocycles. The Morgan fingerprint density at radius 1 is 1.06 bits per heavy atom. The minimum Gasteiger partial charge on any atom is -0.507 e. The molecular weight excluding hydrogens is 218 g/mol. The van der Waals surface area contributed by atoms with Gasteiger partial charge in [-0.25, -0.2) is 0 Å². The number of phenolic OH excluding ortho intramolecular Hbond substituents is 1. The van der Waals surface area contributed by atoms with E-state index in [0.717, 1.165) is 16.0 Å². The van der Waals surface area contributed by atoms with Crippen LogP contribution in [0.2, 0.25) is 0 Å². The maximum Gasteiger partial charge on any atom is 0.124 e. The van der Waals surface area contributed by atoms with Gasteiger partial charge in [-0.1, -0.05) is 30.3 Å². The predicted octanol–water partition coefficient (Wildman–Crippen LogP) is 3.36. The second-order valence-electron chi connectivity index (χ2n) is 3.45. The summed E-state index contributed by atoms with van der Waals surface area (Å²) in [6, 6.07) is 13.1. The highest BCUT2D eigenvalue weighted by atomic mass is 32.2. The van der Waals surface area contributed by atoms with Crippen molar-refractivity contribution in [2.75, 3.05) is 12.0 Å². The van der Waals surface area contributed by atoms with Gasteiger partial charge in [0.15, 0.2) is 0 Å². The molecule has 0 saturated heterocycles. The van der Waals surface area contributed by atoms with Crippen molar-refractivity contribution in [3.05, 3.63) is 42.5 Å². The average molecular weight is 231 g/mol. The summed E-state index contributed by atoms with van der Waals surface area (Å²) in [5.74, 6) is 0.268. The first-order chi connectivity index (χ1) is 7.74. The van der Waals surface area contributed by atoms with Gasteiger partial charge in [0, 0.05) is 16.1 Å². The van der Waals surface area contributed by atoms with Crippen LogP contribution in [0.15, 0.2) is 47.4 Å². The van der Waals surface area contributed by atoms with E-state index in [2.05, 4.69) is 0 Å². The Bertz CT molecular complexity index is 497. The molecule has 0 spiro atoms. The molecule has 0 radical (unpaired) electrons. The van der Waals surface area contributed by atoms with E-state index in [4.69, 9.17) is 5.73 Å². The van der Waals surface area contributed by atoms with Gasteiger partial charge >= 0.3 is 0 Å². The molecule has 0 bridgehead atoms. The van der Waals surface area contributed by atoms with Crippen LogP contribution in [0.1, 0.15) is 0 Å². The van der Waals surface area contributed by atoms with Gasteiger partial charge in [0.2, 0.25) is 0 Å². The van der Waals surface area contributed by atoms with E-state index >= 15 is 0 Å². The molecule has 2 nitrogen and oxygen atoms in total. The molecule has 0 heterocycles. The minimum absolute atomic E-state index is 0.268. The second-order valence-corrected chi connectivity index (χ2v) is 4.26. The molecule has 3 N–H and O–H groups in total. The Morgan fingerprint density at radius 3 is 2.38 bits per heavy atom. The van der Waals surface area contributed by atoms with Crippen LogP contribution in [-0.4, -0.2) is 11.4 Å². The monoisotopic (exact) mass is 231 g/mol. The van der Waals surface area contributed by atoms with Crippen LogP contribution in [0.5, 0.6) is 5.75 Å². The maximum atomic E-state index is 9.93. The normalized spacial score (nSPS) is 10.3. The van der Waals surface area contributed by atoms with E-state index in [1.807, 2.05) is 36.6 Å². The third kappa shape index (κ3) is 1.86. The first-order valence-electron chi connectivity index (χ1n) is 4.95. The standard InChI is InChI=1S/C13H13NOS/c1-16-13-10(14)7-8-11(15)12(13)9-5-3-2-4-6-9/h2-8,15H,14H2,1H3. The fourth-order valence-corrected chi connectivity index (χ4v) is 2.42. The molecule has 2 aromatic rings. The van der Waals surface area contributed by atoms with Crippen LogP contribution in [0.25, 0.3) is 11.1 Å². The van der Waals surface area contributed by atoms with Gasteiger partial charge < -0.3 is 10.8 Å². The molecule has 0 fully saturated rings. The summed E-state index contributed by atoms with van der Waals surface area (Å²) >= 11 is 1.55. The molecule has 3 heteroatoms. The summed E-state index contributed by atoms with van der Waals surface area (Å²) in [4.78, 5) is 0.922. The van der Waals surface area contributed by atoms with Crippen molar-refractivity contribution < 1.29 is 5.11 Å². The lowest BCUT2D eigenvalue weighted by Gasteiger charge is -2.12. The molecule has 0 aliphatic carbocycles. The van der Waals surface area contributed by atoms with Gasteiger partial charge in [-0.05, 0) is 24.0 Å². The first-order valence-corrected chi connectivity index (χ1v) is 6.17. The summed E-state index contributed by atoms with van der Waals surface area (Å²) < 4.78 is 0. The molecule has 0 atom stereocenters. The molecule has 0 aliphatic heterocycles. The molecule has 0 unspecified atom stereocenters. The SMILES string of the molecule is CSc1c(N)ccc(O)c1-c1ccccc1. The van der Waals surface area contributed by atoms with Gasteiger partial charge in [-0.15, -0.1) is 11.8 Å². The van der Waals surface area contributed by atoms with E-state index in [1.54, 1.807) is 23.9 Å². The zero-order valence-corrected chi connectivity index (χ0v) is 9.79. The number of nitrogens with two attached hydrogens (primary N) is 1. The van der Waals surface area contributed by atoms with E-state index in [1.165, 1.54) is 0 Å². The zero-order chi connectivity index (χ0) is 11.5. The summed E-state index contributed by atoms with van der Waals surface area (Å²) in [5, 5.41) is 9.93. The van der Waals surface area contributed by atoms with Crippen molar-refractivity contribution in [1.82, 2.24) is 0 Å². The zero-order valence-electron chi connectivity index (χ0n) is 8.97. The Balaban J connectivity index is 2.68. The average Bonchev–Trinajstić information content (AvgIpc) is 2.33. The Morgan fingerprint density at radius 2 is 1.75 bits per heavy atom. The number of thioether (sulfide) groups is 1. The number of anilines is 1. The van der Waals surface area contributed by atoms with Crippen molar-refractivity contribution in [2.24, 2.45) is 0 Å². The molecule has 82 valence electrons. The topological polar surface area (TPSA) is 46.2 Å².